The van der Waals surface area contributed by atoms with Crippen LogP contribution in [0.25, 0.3) is 0 Å². The van der Waals surface area contributed by atoms with Crippen LogP contribution in [0, 0.1) is 23.5 Å². The Bertz CT molecular complexity index is 1040. The lowest BCUT2D eigenvalue weighted by atomic mass is 10.1. The van der Waals surface area contributed by atoms with Crippen LogP contribution in [0.15, 0.2) is 54.7 Å². The molecule has 0 unspecified atom stereocenters. The molecule has 1 N–H and O–H groups in total. The van der Waals surface area contributed by atoms with Crippen LogP contribution in [0.4, 0.5) is 20.2 Å². The molecule has 3 aromatic rings. The first-order valence-corrected chi connectivity index (χ1v) is 8.68. The quantitative estimate of drug-likeness (QED) is 0.613. The third-order valence-corrected chi connectivity index (χ3v) is 4.54. The van der Waals surface area contributed by atoms with Crippen molar-refractivity contribution in [2.75, 3.05) is 16.9 Å². The molecule has 0 saturated heterocycles. The molecule has 2 aromatic carbocycles. The minimum atomic E-state index is -0.667. The van der Waals surface area contributed by atoms with E-state index in [1.165, 1.54) is 12.1 Å². The molecular weight excluding hydrogens is 368 g/mol. The van der Waals surface area contributed by atoms with Crippen molar-refractivity contribution < 1.29 is 8.78 Å². The Hall–Kier alpha value is -3.10. The molecule has 1 aliphatic heterocycles. The summed E-state index contributed by atoms with van der Waals surface area (Å²) >= 11 is 6.12. The van der Waals surface area contributed by atoms with Gasteiger partial charge in [0.1, 0.15) is 5.69 Å². The van der Waals surface area contributed by atoms with Gasteiger partial charge in [-0.2, -0.15) is 0 Å². The van der Waals surface area contributed by atoms with Gasteiger partial charge in [-0.05, 0) is 30.3 Å². The number of anilines is 2. The second kappa shape index (κ2) is 7.26. The van der Waals surface area contributed by atoms with E-state index in [-0.39, 0.29) is 24.5 Å². The first-order chi connectivity index (χ1) is 13.1. The van der Waals surface area contributed by atoms with Crippen molar-refractivity contribution in [2.45, 2.75) is 6.54 Å². The summed E-state index contributed by atoms with van der Waals surface area (Å²) in [6, 6.07) is 13.4. The molecule has 0 spiro atoms. The fraction of sp³-hybridized carbons (Fsp3) is 0.0952. The summed E-state index contributed by atoms with van der Waals surface area (Å²) in [7, 11) is 0. The lowest BCUT2D eigenvalue weighted by molar-refractivity contribution is 0.568. The molecule has 1 aliphatic rings. The van der Waals surface area contributed by atoms with E-state index in [2.05, 4.69) is 22.1 Å². The van der Waals surface area contributed by atoms with Crippen molar-refractivity contribution in [1.29, 1.82) is 0 Å². The van der Waals surface area contributed by atoms with Gasteiger partial charge >= 0.3 is 0 Å². The average molecular weight is 382 g/mol. The molecule has 0 bridgehead atoms. The highest BCUT2D eigenvalue weighted by Crippen LogP contribution is 2.33. The zero-order chi connectivity index (χ0) is 18.8. The SMILES string of the molecule is Fc1cc(C#Cc2ccccc2)cc(F)c1N1CNc2c(Cl)ccnc2C1. The van der Waals surface area contributed by atoms with Gasteiger partial charge in [-0.15, -0.1) is 0 Å². The monoisotopic (exact) mass is 381 g/mol. The third kappa shape index (κ3) is 3.57. The number of fused-ring (bicyclic) bond motifs is 1. The predicted molar refractivity (Wildman–Crippen MR) is 103 cm³/mol. The van der Waals surface area contributed by atoms with Crippen LogP contribution in [0.2, 0.25) is 5.02 Å². The highest BCUT2D eigenvalue weighted by atomic mass is 35.5. The predicted octanol–water partition coefficient (Wildman–Crippen LogP) is 4.80. The molecule has 0 aliphatic carbocycles. The van der Waals surface area contributed by atoms with Crippen molar-refractivity contribution in [1.82, 2.24) is 4.98 Å². The summed E-state index contributed by atoms with van der Waals surface area (Å²) in [4.78, 5) is 5.79. The van der Waals surface area contributed by atoms with Crippen LogP contribution in [-0.2, 0) is 6.54 Å². The van der Waals surface area contributed by atoms with Crippen LogP contribution in [0.5, 0.6) is 0 Å². The number of hydrogen-bond acceptors (Lipinski definition) is 3. The minimum Gasteiger partial charge on any atom is -0.365 e. The second-order valence-corrected chi connectivity index (χ2v) is 6.46. The normalized spacial score (nSPS) is 12.6. The van der Waals surface area contributed by atoms with E-state index in [1.54, 1.807) is 17.2 Å². The molecular formula is C21H14ClF2N3. The zero-order valence-electron chi connectivity index (χ0n) is 14.1. The molecule has 4 rings (SSSR count). The summed E-state index contributed by atoms with van der Waals surface area (Å²) < 4.78 is 29.3. The molecule has 6 heteroatoms. The average Bonchev–Trinajstić information content (AvgIpc) is 2.67. The molecule has 3 nitrogen and oxygen atoms in total. The van der Waals surface area contributed by atoms with Crippen LogP contribution >= 0.6 is 11.6 Å². The zero-order valence-corrected chi connectivity index (χ0v) is 14.9. The molecule has 0 amide bonds. The van der Waals surface area contributed by atoms with E-state index in [0.29, 0.717) is 16.4 Å². The standard InChI is InChI=1S/C21H14ClF2N3/c22-16-8-9-25-19-12-27(13-26-20(16)19)21-17(23)10-15(11-18(21)24)7-6-14-4-2-1-3-5-14/h1-5,8-11,26H,12-13H2. The van der Waals surface area contributed by atoms with E-state index in [9.17, 15) is 8.78 Å². The Kier molecular flexibility index (Phi) is 4.66. The number of benzene rings is 2. The molecule has 1 aromatic heterocycles. The highest BCUT2D eigenvalue weighted by Gasteiger charge is 2.24. The smallest absolute Gasteiger partial charge is 0.150 e. The fourth-order valence-electron chi connectivity index (χ4n) is 2.96. The van der Waals surface area contributed by atoms with Gasteiger partial charge < -0.3 is 10.2 Å². The van der Waals surface area contributed by atoms with Crippen molar-refractivity contribution in [3.8, 4) is 11.8 Å². The van der Waals surface area contributed by atoms with Gasteiger partial charge in [-0.25, -0.2) is 8.78 Å². The van der Waals surface area contributed by atoms with Crippen LogP contribution in [0.1, 0.15) is 16.8 Å². The van der Waals surface area contributed by atoms with Crippen molar-refractivity contribution >= 4 is 23.0 Å². The van der Waals surface area contributed by atoms with E-state index in [4.69, 9.17) is 11.6 Å². The molecule has 0 radical (unpaired) electrons. The Balaban J connectivity index is 1.63. The number of pyridine rings is 1. The Labute approximate surface area is 160 Å². The van der Waals surface area contributed by atoms with Gasteiger partial charge in [0.2, 0.25) is 0 Å². The number of halogens is 3. The van der Waals surface area contributed by atoms with Gasteiger partial charge in [-0.1, -0.05) is 41.6 Å². The Morgan fingerprint density at radius 2 is 1.70 bits per heavy atom. The van der Waals surface area contributed by atoms with Crippen LogP contribution in [-0.4, -0.2) is 11.7 Å². The fourth-order valence-corrected chi connectivity index (χ4v) is 3.19. The lowest BCUT2D eigenvalue weighted by Crippen LogP contribution is -2.35. The molecule has 0 atom stereocenters. The summed E-state index contributed by atoms with van der Waals surface area (Å²) in [6.07, 6.45) is 1.57. The Morgan fingerprint density at radius 1 is 1.00 bits per heavy atom. The minimum absolute atomic E-state index is 0.111. The van der Waals surface area contributed by atoms with Crippen LogP contribution < -0.4 is 10.2 Å². The number of aromatic nitrogens is 1. The third-order valence-electron chi connectivity index (χ3n) is 4.22. The summed E-state index contributed by atoms with van der Waals surface area (Å²) in [5.41, 5.74) is 2.29. The maximum Gasteiger partial charge on any atom is 0.150 e. The van der Waals surface area contributed by atoms with E-state index < -0.39 is 11.6 Å². The van der Waals surface area contributed by atoms with Crippen molar-refractivity contribution in [3.05, 3.63) is 88.2 Å². The molecule has 0 saturated carbocycles. The summed E-state index contributed by atoms with van der Waals surface area (Å²) in [5, 5.41) is 3.60. The largest absolute Gasteiger partial charge is 0.365 e. The number of nitrogens with one attached hydrogen (secondary N) is 1. The van der Waals surface area contributed by atoms with Crippen molar-refractivity contribution in [3.63, 3.8) is 0 Å². The van der Waals surface area contributed by atoms with Crippen LogP contribution in [0.3, 0.4) is 0 Å². The summed E-state index contributed by atoms with van der Waals surface area (Å²) in [6.45, 7) is 0.479. The second-order valence-electron chi connectivity index (χ2n) is 6.05. The van der Waals surface area contributed by atoms with Gasteiger partial charge in [0, 0.05) is 17.3 Å². The van der Waals surface area contributed by atoms with Gasteiger partial charge in [0.25, 0.3) is 0 Å². The lowest BCUT2D eigenvalue weighted by Gasteiger charge is -2.31. The maximum absolute atomic E-state index is 14.7. The Morgan fingerprint density at radius 3 is 2.44 bits per heavy atom. The van der Waals surface area contributed by atoms with Crippen molar-refractivity contribution in [2.24, 2.45) is 0 Å². The highest BCUT2D eigenvalue weighted by molar-refractivity contribution is 6.33. The maximum atomic E-state index is 14.7. The van der Waals surface area contributed by atoms with Gasteiger partial charge in [0.15, 0.2) is 11.6 Å². The van der Waals surface area contributed by atoms with Gasteiger partial charge in [-0.3, -0.25) is 4.98 Å². The van der Waals surface area contributed by atoms with E-state index in [1.807, 2.05) is 30.3 Å². The number of nitrogens with zero attached hydrogens (tertiary/aromatic N) is 2. The summed E-state index contributed by atoms with van der Waals surface area (Å²) in [5.74, 6) is 4.37. The molecule has 2 heterocycles. The first kappa shape index (κ1) is 17.3. The topological polar surface area (TPSA) is 28.2 Å². The van der Waals surface area contributed by atoms with E-state index >= 15 is 0 Å². The number of rotatable bonds is 1. The molecule has 134 valence electrons. The van der Waals surface area contributed by atoms with Gasteiger partial charge in [0.05, 0.1) is 29.6 Å². The first-order valence-electron chi connectivity index (χ1n) is 8.30. The van der Waals surface area contributed by atoms with E-state index in [0.717, 1.165) is 5.56 Å². The number of hydrogen-bond donors (Lipinski definition) is 1. The molecule has 0 fully saturated rings. The molecule has 27 heavy (non-hydrogen) atoms.